The Kier molecular flexibility index (Phi) is 15.3. The van der Waals surface area contributed by atoms with Crippen LogP contribution in [0, 0.1) is 20.2 Å². The molecule has 0 radical (unpaired) electrons. The van der Waals surface area contributed by atoms with Crippen molar-refractivity contribution in [2.75, 3.05) is 0 Å². The molecule has 0 saturated carbocycles. The number of allylic oxidation sites excluding steroid dienone is 6. The van der Waals surface area contributed by atoms with Crippen LogP contribution in [0.1, 0.15) is 71.1 Å². The molecule has 0 unspecified atom stereocenters. The predicted molar refractivity (Wildman–Crippen MR) is 106 cm³/mol. The van der Waals surface area contributed by atoms with E-state index in [4.69, 9.17) is 0 Å². The van der Waals surface area contributed by atoms with Gasteiger partial charge in [0.1, 0.15) is 6.29 Å². The van der Waals surface area contributed by atoms with Gasteiger partial charge < -0.3 is 4.79 Å². The van der Waals surface area contributed by atoms with Gasteiger partial charge in [-0.1, -0.05) is 44.1 Å². The molecule has 0 aromatic carbocycles. The first-order valence-electron chi connectivity index (χ1n) is 9.43. The summed E-state index contributed by atoms with van der Waals surface area (Å²) in [7, 11) is 0. The number of rotatable bonds is 16. The fourth-order valence-electron chi connectivity index (χ4n) is 2.37. The molecule has 27 heavy (non-hydrogen) atoms. The summed E-state index contributed by atoms with van der Waals surface area (Å²) in [5.41, 5.74) is 0.266. The summed E-state index contributed by atoms with van der Waals surface area (Å²) in [5, 5.41) is 21.9. The molecule has 0 atom stereocenters. The van der Waals surface area contributed by atoms with Crippen molar-refractivity contribution in [2.24, 2.45) is 0 Å². The lowest BCUT2D eigenvalue weighted by Gasteiger charge is -1.96. The SMILES string of the molecule is CC/C=C(/C/C=C/C/C=C(/C/C=C/CCCCCCC=O)[N+](=O)[O-])[N+](=O)[O-]. The molecule has 0 bridgehead atoms. The van der Waals surface area contributed by atoms with E-state index in [9.17, 15) is 25.0 Å². The quantitative estimate of drug-likeness (QED) is 0.115. The van der Waals surface area contributed by atoms with E-state index in [1.54, 1.807) is 24.3 Å². The summed E-state index contributed by atoms with van der Waals surface area (Å²) in [4.78, 5) is 31.2. The zero-order valence-electron chi connectivity index (χ0n) is 16.0. The van der Waals surface area contributed by atoms with Crippen LogP contribution in [-0.4, -0.2) is 16.1 Å². The van der Waals surface area contributed by atoms with Crippen molar-refractivity contribution >= 4 is 6.29 Å². The minimum atomic E-state index is -0.404. The second-order valence-electron chi connectivity index (χ2n) is 6.06. The molecule has 0 amide bonds. The van der Waals surface area contributed by atoms with Crippen molar-refractivity contribution in [1.29, 1.82) is 0 Å². The highest BCUT2D eigenvalue weighted by molar-refractivity contribution is 5.48. The van der Waals surface area contributed by atoms with E-state index in [2.05, 4.69) is 0 Å². The molecule has 7 nitrogen and oxygen atoms in total. The Balaban J connectivity index is 4.24. The summed E-state index contributed by atoms with van der Waals surface area (Å²) in [5.74, 6) is 0. The fraction of sp³-hybridized carbons (Fsp3) is 0.550. The third-order valence-electron chi connectivity index (χ3n) is 3.83. The topological polar surface area (TPSA) is 103 Å². The van der Waals surface area contributed by atoms with E-state index in [0.29, 0.717) is 19.3 Å². The Morgan fingerprint density at radius 3 is 1.89 bits per heavy atom. The molecule has 0 aliphatic rings. The maximum Gasteiger partial charge on any atom is 0.246 e. The van der Waals surface area contributed by atoms with Crippen LogP contribution in [0.2, 0.25) is 0 Å². The molecule has 0 spiro atoms. The van der Waals surface area contributed by atoms with Gasteiger partial charge in [-0.15, -0.1) is 0 Å². The number of hydrogen-bond donors (Lipinski definition) is 0. The van der Waals surface area contributed by atoms with Crippen molar-refractivity contribution in [1.82, 2.24) is 0 Å². The van der Waals surface area contributed by atoms with Gasteiger partial charge >= 0.3 is 0 Å². The van der Waals surface area contributed by atoms with Gasteiger partial charge in [0.2, 0.25) is 11.4 Å². The van der Waals surface area contributed by atoms with Crippen LogP contribution in [0.4, 0.5) is 0 Å². The zero-order chi connectivity index (χ0) is 20.3. The van der Waals surface area contributed by atoms with Crippen LogP contribution >= 0.6 is 0 Å². The van der Waals surface area contributed by atoms with E-state index in [1.807, 2.05) is 13.0 Å². The smallest absolute Gasteiger partial charge is 0.246 e. The molecule has 0 saturated heterocycles. The molecule has 0 aromatic heterocycles. The van der Waals surface area contributed by atoms with Crippen LogP contribution in [-0.2, 0) is 4.79 Å². The van der Waals surface area contributed by atoms with Gasteiger partial charge in [0.25, 0.3) is 0 Å². The highest BCUT2D eigenvalue weighted by atomic mass is 16.6. The number of carbonyl (C=O) groups is 1. The van der Waals surface area contributed by atoms with Gasteiger partial charge in [0.05, 0.1) is 22.7 Å². The molecule has 0 aromatic rings. The van der Waals surface area contributed by atoms with Crippen LogP contribution < -0.4 is 0 Å². The normalized spacial score (nSPS) is 12.8. The number of nitrogens with zero attached hydrogens (tertiary/aromatic N) is 2. The molecule has 0 rings (SSSR count). The Morgan fingerprint density at radius 2 is 1.33 bits per heavy atom. The lowest BCUT2D eigenvalue weighted by Crippen LogP contribution is -1.97. The summed E-state index contributed by atoms with van der Waals surface area (Å²) >= 11 is 0. The number of aldehydes is 1. The molecule has 7 heteroatoms. The van der Waals surface area contributed by atoms with Gasteiger partial charge in [-0.3, -0.25) is 20.2 Å². The number of nitro groups is 2. The average Bonchev–Trinajstić information content (AvgIpc) is 2.63. The molecule has 0 fully saturated rings. The standard InChI is InChI=1S/C20H30N2O5/c1-2-14-19(21(24)25)15-11-9-12-17-20(22(26)27)16-10-7-5-3-4-6-8-13-18-23/h7,9-11,14,17-18H,2-6,8,12-13,15-16H2,1H3/b10-7+,11-9+,19-14-,20-17-. The van der Waals surface area contributed by atoms with Crippen LogP contribution in [0.5, 0.6) is 0 Å². The fourth-order valence-corrected chi connectivity index (χ4v) is 2.37. The van der Waals surface area contributed by atoms with E-state index >= 15 is 0 Å². The third-order valence-corrected chi connectivity index (χ3v) is 3.83. The van der Waals surface area contributed by atoms with Crippen molar-refractivity contribution in [3.8, 4) is 0 Å². The first-order chi connectivity index (χ1) is 13.0. The number of unbranched alkanes of at least 4 members (excludes halogenated alkanes) is 5. The molecule has 0 aliphatic carbocycles. The first kappa shape index (κ1) is 24.4. The van der Waals surface area contributed by atoms with Crippen molar-refractivity contribution in [3.05, 3.63) is 68.1 Å². The average molecular weight is 378 g/mol. The Hall–Kier alpha value is -2.57. The Bertz CT molecular complexity index is 577. The summed E-state index contributed by atoms with van der Waals surface area (Å²) in [6.07, 6.45) is 18.1. The summed E-state index contributed by atoms with van der Waals surface area (Å²) in [6.45, 7) is 1.83. The van der Waals surface area contributed by atoms with Crippen LogP contribution in [0.3, 0.4) is 0 Å². The molecule has 150 valence electrons. The second kappa shape index (κ2) is 16.9. The first-order valence-corrected chi connectivity index (χ1v) is 9.43. The predicted octanol–water partition coefficient (Wildman–Crippen LogP) is 5.54. The zero-order valence-corrected chi connectivity index (χ0v) is 16.0. The lowest BCUT2D eigenvalue weighted by atomic mass is 10.1. The highest BCUT2D eigenvalue weighted by Gasteiger charge is 2.07. The highest BCUT2D eigenvalue weighted by Crippen LogP contribution is 2.10. The summed E-state index contributed by atoms with van der Waals surface area (Å²) < 4.78 is 0. The largest absolute Gasteiger partial charge is 0.303 e. The van der Waals surface area contributed by atoms with Gasteiger partial charge in [-0.25, -0.2) is 0 Å². The number of hydrogen-bond acceptors (Lipinski definition) is 5. The van der Waals surface area contributed by atoms with Crippen LogP contribution in [0.15, 0.2) is 47.9 Å². The summed E-state index contributed by atoms with van der Waals surface area (Å²) in [6, 6.07) is 0. The minimum Gasteiger partial charge on any atom is -0.303 e. The Labute approximate surface area is 160 Å². The van der Waals surface area contributed by atoms with E-state index in [-0.39, 0.29) is 24.2 Å². The van der Waals surface area contributed by atoms with Crippen LogP contribution in [0.25, 0.3) is 0 Å². The lowest BCUT2D eigenvalue weighted by molar-refractivity contribution is -0.427. The molecular formula is C20H30N2O5. The van der Waals surface area contributed by atoms with Gasteiger partial charge in [-0.2, -0.15) is 0 Å². The van der Waals surface area contributed by atoms with E-state index in [1.165, 1.54) is 6.08 Å². The number of carbonyl (C=O) groups excluding carboxylic acids is 1. The molecule has 0 aliphatic heterocycles. The third kappa shape index (κ3) is 14.3. The Morgan fingerprint density at radius 1 is 0.778 bits per heavy atom. The van der Waals surface area contributed by atoms with Crippen molar-refractivity contribution in [3.63, 3.8) is 0 Å². The molecule has 0 N–H and O–H groups in total. The van der Waals surface area contributed by atoms with Crippen molar-refractivity contribution < 1.29 is 14.6 Å². The van der Waals surface area contributed by atoms with Gasteiger partial charge in [0, 0.05) is 6.42 Å². The van der Waals surface area contributed by atoms with Gasteiger partial charge in [-0.05, 0) is 44.3 Å². The molecular weight excluding hydrogens is 348 g/mol. The maximum absolute atomic E-state index is 11.1. The van der Waals surface area contributed by atoms with E-state index in [0.717, 1.165) is 38.4 Å². The van der Waals surface area contributed by atoms with Gasteiger partial charge in [0.15, 0.2) is 0 Å². The monoisotopic (exact) mass is 378 g/mol. The second-order valence-corrected chi connectivity index (χ2v) is 6.06. The maximum atomic E-state index is 11.1. The van der Waals surface area contributed by atoms with E-state index < -0.39 is 9.85 Å². The minimum absolute atomic E-state index is 0.125. The van der Waals surface area contributed by atoms with Crippen molar-refractivity contribution in [2.45, 2.75) is 71.1 Å². The molecule has 0 heterocycles.